The predicted octanol–water partition coefficient (Wildman–Crippen LogP) is 4.27. The number of halogens is 1. The molecule has 1 aliphatic heterocycles. The molecule has 3 aromatic rings. The van der Waals surface area contributed by atoms with Crippen LogP contribution in [0.2, 0.25) is 0 Å². The third kappa shape index (κ3) is 3.96. The molecule has 2 aromatic heterocycles. The van der Waals surface area contributed by atoms with Gasteiger partial charge in [0.1, 0.15) is 5.69 Å². The molecule has 1 atom stereocenters. The van der Waals surface area contributed by atoms with E-state index in [-0.39, 0.29) is 23.5 Å². The maximum atomic E-state index is 14.3. The first kappa shape index (κ1) is 20.2. The molecule has 0 aliphatic carbocycles. The quantitative estimate of drug-likeness (QED) is 0.698. The Hall–Kier alpha value is -3.11. The molecule has 1 unspecified atom stereocenters. The van der Waals surface area contributed by atoms with E-state index >= 15 is 0 Å². The molecule has 7 heteroatoms. The van der Waals surface area contributed by atoms with Crippen LogP contribution < -0.4 is 5.73 Å². The number of fused-ring (bicyclic) bond motifs is 1. The Labute approximate surface area is 175 Å². The van der Waals surface area contributed by atoms with E-state index in [1.165, 1.54) is 5.56 Å². The van der Waals surface area contributed by atoms with Gasteiger partial charge in [0.15, 0.2) is 5.82 Å². The van der Waals surface area contributed by atoms with Crippen LogP contribution in [0.15, 0.2) is 30.6 Å². The van der Waals surface area contributed by atoms with Gasteiger partial charge in [0, 0.05) is 30.2 Å². The Bertz CT molecular complexity index is 1120. The van der Waals surface area contributed by atoms with E-state index < -0.39 is 5.82 Å². The van der Waals surface area contributed by atoms with E-state index in [0.717, 1.165) is 55.1 Å². The number of piperidine rings is 1. The van der Waals surface area contributed by atoms with Crippen LogP contribution in [0.1, 0.15) is 43.7 Å². The van der Waals surface area contributed by atoms with Gasteiger partial charge in [0.2, 0.25) is 5.95 Å². The molecule has 30 heavy (non-hydrogen) atoms. The normalized spacial score (nSPS) is 17.4. The van der Waals surface area contributed by atoms with Crippen molar-refractivity contribution in [2.45, 2.75) is 39.2 Å². The lowest BCUT2D eigenvalue weighted by molar-refractivity contribution is 0.191. The van der Waals surface area contributed by atoms with Crippen LogP contribution >= 0.6 is 0 Å². The molecule has 4 rings (SSSR count). The van der Waals surface area contributed by atoms with Gasteiger partial charge in [0.25, 0.3) is 0 Å². The van der Waals surface area contributed by atoms with Crippen molar-refractivity contribution >= 4 is 16.9 Å². The number of anilines is 1. The van der Waals surface area contributed by atoms with Gasteiger partial charge in [-0.1, -0.05) is 19.9 Å². The van der Waals surface area contributed by atoms with Crippen molar-refractivity contribution in [2.24, 2.45) is 5.92 Å². The largest absolute Gasteiger partial charge is 0.368 e. The zero-order chi connectivity index (χ0) is 21.3. The van der Waals surface area contributed by atoms with E-state index in [4.69, 9.17) is 5.73 Å². The van der Waals surface area contributed by atoms with E-state index in [1.807, 2.05) is 24.4 Å². The molecule has 0 amide bonds. The highest BCUT2D eigenvalue weighted by molar-refractivity contribution is 5.88. The predicted molar refractivity (Wildman–Crippen MR) is 115 cm³/mol. The number of benzene rings is 1. The summed E-state index contributed by atoms with van der Waals surface area (Å²) in [5.74, 6) is -0.112. The molecule has 0 bridgehead atoms. The molecule has 3 heterocycles. The SMILES string of the molecule is CC(C)c1c(CN2CCCC(C#N)C2)cnc2ccc(-c3nc(N)ncc3F)cc12. The summed E-state index contributed by atoms with van der Waals surface area (Å²) in [6.07, 6.45) is 5.05. The summed E-state index contributed by atoms with van der Waals surface area (Å²) in [7, 11) is 0. The van der Waals surface area contributed by atoms with Gasteiger partial charge in [-0.3, -0.25) is 9.88 Å². The van der Waals surface area contributed by atoms with Crippen molar-refractivity contribution in [3.8, 4) is 17.3 Å². The van der Waals surface area contributed by atoms with Crippen molar-refractivity contribution < 1.29 is 4.39 Å². The van der Waals surface area contributed by atoms with Gasteiger partial charge in [-0.25, -0.2) is 14.4 Å². The van der Waals surface area contributed by atoms with Crippen molar-refractivity contribution in [3.05, 3.63) is 47.5 Å². The molecule has 1 aromatic carbocycles. The van der Waals surface area contributed by atoms with Crippen LogP contribution in [0.5, 0.6) is 0 Å². The summed E-state index contributed by atoms with van der Waals surface area (Å²) in [6.45, 7) is 6.84. The molecule has 0 saturated carbocycles. The Morgan fingerprint density at radius 1 is 1.30 bits per heavy atom. The molecular formula is C23H25FN6. The summed E-state index contributed by atoms with van der Waals surface area (Å²) in [5.41, 5.74) is 9.73. The number of nitrogens with zero attached hydrogens (tertiary/aromatic N) is 5. The Balaban J connectivity index is 1.78. The van der Waals surface area contributed by atoms with Gasteiger partial charge in [0.05, 0.1) is 23.7 Å². The topological polar surface area (TPSA) is 91.7 Å². The molecule has 2 N–H and O–H groups in total. The van der Waals surface area contributed by atoms with Crippen LogP contribution in [0.25, 0.3) is 22.2 Å². The number of hydrogen-bond donors (Lipinski definition) is 1. The molecule has 1 saturated heterocycles. The minimum atomic E-state index is -0.505. The Kier molecular flexibility index (Phi) is 5.60. The maximum Gasteiger partial charge on any atom is 0.220 e. The standard InChI is InChI=1S/C23H25FN6/c1-14(2)21-17(13-30-7-3-4-15(9-25)12-30)10-27-20-6-5-16(8-18(20)21)22-19(24)11-28-23(26)29-22/h5-6,8,10-11,14-15H,3-4,7,12-13H2,1-2H3,(H2,26,28,29). The number of aromatic nitrogens is 3. The number of nitrogens with two attached hydrogens (primary N) is 1. The van der Waals surface area contributed by atoms with Gasteiger partial charge >= 0.3 is 0 Å². The first-order valence-corrected chi connectivity index (χ1v) is 10.3. The number of pyridine rings is 1. The molecule has 154 valence electrons. The lowest BCUT2D eigenvalue weighted by atomic mass is 9.91. The highest BCUT2D eigenvalue weighted by Crippen LogP contribution is 2.33. The summed E-state index contributed by atoms with van der Waals surface area (Å²) in [5, 5.41) is 10.3. The fourth-order valence-corrected chi connectivity index (χ4v) is 4.34. The summed E-state index contributed by atoms with van der Waals surface area (Å²) >= 11 is 0. The number of hydrogen-bond acceptors (Lipinski definition) is 6. The summed E-state index contributed by atoms with van der Waals surface area (Å²) in [6, 6.07) is 8.06. The van der Waals surface area contributed by atoms with E-state index in [9.17, 15) is 9.65 Å². The van der Waals surface area contributed by atoms with Gasteiger partial charge in [-0.05, 0) is 48.6 Å². The maximum absolute atomic E-state index is 14.3. The van der Waals surface area contributed by atoms with Crippen LogP contribution in [-0.4, -0.2) is 32.9 Å². The summed E-state index contributed by atoms with van der Waals surface area (Å²) < 4.78 is 14.3. The lowest BCUT2D eigenvalue weighted by Gasteiger charge is -2.30. The van der Waals surface area contributed by atoms with E-state index in [1.54, 1.807) is 0 Å². The van der Waals surface area contributed by atoms with Crippen molar-refractivity contribution in [3.63, 3.8) is 0 Å². The third-order valence-electron chi connectivity index (χ3n) is 5.69. The van der Waals surface area contributed by atoms with Crippen molar-refractivity contribution in [2.75, 3.05) is 18.8 Å². The van der Waals surface area contributed by atoms with Gasteiger partial charge in [-0.15, -0.1) is 0 Å². The second-order valence-corrected chi connectivity index (χ2v) is 8.21. The van der Waals surface area contributed by atoms with Crippen molar-refractivity contribution in [1.29, 1.82) is 5.26 Å². The zero-order valence-corrected chi connectivity index (χ0v) is 17.3. The number of likely N-dealkylation sites (tertiary alicyclic amines) is 1. The lowest BCUT2D eigenvalue weighted by Crippen LogP contribution is -2.34. The Morgan fingerprint density at radius 2 is 2.13 bits per heavy atom. The minimum Gasteiger partial charge on any atom is -0.368 e. The molecule has 0 spiro atoms. The number of nitrogen functional groups attached to an aromatic ring is 1. The second kappa shape index (κ2) is 8.33. The molecule has 1 aliphatic rings. The van der Waals surface area contributed by atoms with Gasteiger partial charge in [-0.2, -0.15) is 5.26 Å². The minimum absolute atomic E-state index is 0.0413. The van der Waals surface area contributed by atoms with Crippen LogP contribution in [-0.2, 0) is 6.54 Å². The average molecular weight is 404 g/mol. The Morgan fingerprint density at radius 3 is 2.90 bits per heavy atom. The van der Waals surface area contributed by atoms with Gasteiger partial charge < -0.3 is 5.73 Å². The molecule has 0 radical (unpaired) electrons. The smallest absolute Gasteiger partial charge is 0.220 e. The fraction of sp³-hybridized carbons (Fsp3) is 0.391. The molecule has 1 fully saturated rings. The highest BCUT2D eigenvalue weighted by Gasteiger charge is 2.22. The van der Waals surface area contributed by atoms with E-state index in [0.29, 0.717) is 5.56 Å². The monoisotopic (exact) mass is 404 g/mol. The summed E-state index contributed by atoms with van der Waals surface area (Å²) in [4.78, 5) is 14.8. The second-order valence-electron chi connectivity index (χ2n) is 8.21. The number of nitriles is 1. The third-order valence-corrected chi connectivity index (χ3v) is 5.69. The van der Waals surface area contributed by atoms with Crippen LogP contribution in [0, 0.1) is 23.1 Å². The molecule has 6 nitrogen and oxygen atoms in total. The highest BCUT2D eigenvalue weighted by atomic mass is 19.1. The zero-order valence-electron chi connectivity index (χ0n) is 17.3. The fourth-order valence-electron chi connectivity index (χ4n) is 4.34. The first-order chi connectivity index (χ1) is 14.5. The first-order valence-electron chi connectivity index (χ1n) is 10.3. The van der Waals surface area contributed by atoms with Crippen LogP contribution in [0.4, 0.5) is 10.3 Å². The number of rotatable bonds is 4. The van der Waals surface area contributed by atoms with Crippen LogP contribution in [0.3, 0.4) is 0 Å². The van der Waals surface area contributed by atoms with Crippen molar-refractivity contribution in [1.82, 2.24) is 19.9 Å². The average Bonchev–Trinajstić information content (AvgIpc) is 2.74. The molecular weight excluding hydrogens is 379 g/mol. The van der Waals surface area contributed by atoms with E-state index in [2.05, 4.69) is 39.8 Å².